The highest BCUT2D eigenvalue weighted by atomic mass is 16.5. The molecule has 2 fully saturated rings. The van der Waals surface area contributed by atoms with Crippen LogP contribution in [0.2, 0.25) is 0 Å². The largest absolute Gasteiger partial charge is 0.481 e. The number of carbonyl (C=O) groups excluding carboxylic acids is 3. The first kappa shape index (κ1) is 23.8. The number of carbonyl (C=O) groups is 3. The average molecular weight is 510 g/mol. The van der Waals surface area contributed by atoms with Crippen molar-refractivity contribution in [2.24, 2.45) is 5.92 Å². The fourth-order valence-corrected chi connectivity index (χ4v) is 5.06. The molecular weight excluding hydrogens is 482 g/mol. The Morgan fingerprint density at radius 2 is 1.92 bits per heavy atom. The molecule has 3 aromatic rings. The zero-order chi connectivity index (χ0) is 26.3. The van der Waals surface area contributed by atoms with Crippen LogP contribution in [-0.2, 0) is 23.4 Å². The number of hydrogen-bond donors (Lipinski definition) is 2. The number of fused-ring (bicyclic) bond motifs is 1. The Balaban J connectivity index is 1.24. The van der Waals surface area contributed by atoms with Crippen molar-refractivity contribution in [2.45, 2.75) is 38.4 Å². The van der Waals surface area contributed by atoms with E-state index in [2.05, 4.69) is 27.6 Å². The molecule has 2 aliphatic heterocycles. The van der Waals surface area contributed by atoms with Crippen molar-refractivity contribution in [1.29, 1.82) is 0 Å². The summed E-state index contributed by atoms with van der Waals surface area (Å²) in [6, 6.07) is 12.2. The van der Waals surface area contributed by atoms with E-state index in [9.17, 15) is 14.4 Å². The molecule has 1 saturated heterocycles. The van der Waals surface area contributed by atoms with E-state index >= 15 is 0 Å². The van der Waals surface area contributed by atoms with Crippen LogP contribution in [0.3, 0.4) is 0 Å². The molecule has 0 bridgehead atoms. The molecule has 192 valence electrons. The summed E-state index contributed by atoms with van der Waals surface area (Å²) < 4.78 is 7.58. The maximum Gasteiger partial charge on any atom is 0.322 e. The van der Waals surface area contributed by atoms with Crippen molar-refractivity contribution < 1.29 is 19.1 Å². The summed E-state index contributed by atoms with van der Waals surface area (Å²) in [5.74, 6) is 6.17. The van der Waals surface area contributed by atoms with Crippen LogP contribution >= 0.6 is 0 Å². The molecule has 3 aliphatic rings. The Bertz CT molecular complexity index is 1500. The minimum absolute atomic E-state index is 0.00570. The van der Waals surface area contributed by atoms with Gasteiger partial charge in [-0.25, -0.2) is 4.79 Å². The summed E-state index contributed by atoms with van der Waals surface area (Å²) in [7, 11) is 0. The third kappa shape index (κ3) is 4.39. The van der Waals surface area contributed by atoms with Crippen LogP contribution in [0, 0.1) is 17.8 Å². The molecule has 9 nitrogen and oxygen atoms in total. The highest BCUT2D eigenvalue weighted by Gasteiger charge is 2.50. The molecule has 1 saturated carbocycles. The fourth-order valence-electron chi connectivity index (χ4n) is 5.06. The fraction of sp³-hybridized carbons (Fsp3) is 0.310. The second kappa shape index (κ2) is 9.38. The molecule has 6 rings (SSSR count). The highest BCUT2D eigenvalue weighted by molar-refractivity contribution is 6.08. The lowest BCUT2D eigenvalue weighted by Crippen LogP contribution is -2.52. The summed E-state index contributed by atoms with van der Waals surface area (Å²) >= 11 is 0. The number of imide groups is 1. The molecule has 9 heteroatoms. The maximum atomic E-state index is 13.3. The second-order valence-electron chi connectivity index (χ2n) is 9.98. The molecule has 0 radical (unpaired) electrons. The van der Waals surface area contributed by atoms with E-state index in [1.165, 1.54) is 12.8 Å². The molecule has 0 spiro atoms. The van der Waals surface area contributed by atoms with Crippen molar-refractivity contribution in [2.75, 3.05) is 13.2 Å². The van der Waals surface area contributed by atoms with Gasteiger partial charge in [0.1, 0.15) is 12.4 Å². The first-order valence-corrected chi connectivity index (χ1v) is 12.7. The van der Waals surface area contributed by atoms with Gasteiger partial charge in [0.05, 0.1) is 12.7 Å². The molecule has 2 aromatic carbocycles. The minimum atomic E-state index is -1.40. The molecule has 2 N–H and O–H groups in total. The van der Waals surface area contributed by atoms with Gasteiger partial charge in [0.15, 0.2) is 5.54 Å². The van der Waals surface area contributed by atoms with Gasteiger partial charge in [-0.05, 0) is 54.5 Å². The highest BCUT2D eigenvalue weighted by Crippen LogP contribution is 2.34. The first-order valence-electron chi connectivity index (χ1n) is 12.7. The molecule has 4 amide bonds. The SMILES string of the molecule is CC#CCOc1ccc2c(c1)C(=O)N(C[C@@]1(c3ccc(-c4cnn(CC5CC5)c4)cc3)NC(=O)NC1=O)C2. The van der Waals surface area contributed by atoms with E-state index in [4.69, 9.17) is 4.74 Å². The van der Waals surface area contributed by atoms with Crippen LogP contribution < -0.4 is 15.4 Å². The monoisotopic (exact) mass is 509 g/mol. The van der Waals surface area contributed by atoms with Gasteiger partial charge in [0.2, 0.25) is 0 Å². The number of benzene rings is 2. The zero-order valence-corrected chi connectivity index (χ0v) is 21.0. The quantitative estimate of drug-likeness (QED) is 0.359. The third-order valence-electron chi connectivity index (χ3n) is 7.30. The normalized spacial score (nSPS) is 20.0. The van der Waals surface area contributed by atoms with Crippen LogP contribution in [0.4, 0.5) is 4.79 Å². The van der Waals surface area contributed by atoms with Crippen molar-refractivity contribution in [3.63, 3.8) is 0 Å². The van der Waals surface area contributed by atoms with E-state index in [-0.39, 0.29) is 19.1 Å². The van der Waals surface area contributed by atoms with Crippen LogP contribution in [0.25, 0.3) is 11.1 Å². The Hall–Kier alpha value is -4.58. The molecule has 38 heavy (non-hydrogen) atoms. The Morgan fingerprint density at radius 1 is 1.11 bits per heavy atom. The zero-order valence-electron chi connectivity index (χ0n) is 21.0. The summed E-state index contributed by atoms with van der Waals surface area (Å²) in [5, 5.41) is 9.62. The van der Waals surface area contributed by atoms with Crippen LogP contribution in [0.15, 0.2) is 54.9 Å². The average Bonchev–Trinajstić information content (AvgIpc) is 3.40. The van der Waals surface area contributed by atoms with Crippen molar-refractivity contribution in [3.05, 3.63) is 71.5 Å². The van der Waals surface area contributed by atoms with Gasteiger partial charge in [-0.3, -0.25) is 19.6 Å². The minimum Gasteiger partial charge on any atom is -0.481 e. The van der Waals surface area contributed by atoms with E-state index < -0.39 is 17.5 Å². The number of aromatic nitrogens is 2. The number of nitrogens with zero attached hydrogens (tertiary/aromatic N) is 3. The molecule has 0 unspecified atom stereocenters. The van der Waals surface area contributed by atoms with Crippen LogP contribution in [0.1, 0.15) is 41.3 Å². The lowest BCUT2D eigenvalue weighted by molar-refractivity contribution is -0.124. The Labute approximate surface area is 220 Å². The smallest absolute Gasteiger partial charge is 0.322 e. The molecule has 3 heterocycles. The van der Waals surface area contributed by atoms with Gasteiger partial charge in [0, 0.05) is 30.4 Å². The van der Waals surface area contributed by atoms with Gasteiger partial charge in [0.25, 0.3) is 11.8 Å². The topological polar surface area (TPSA) is 106 Å². The van der Waals surface area contributed by atoms with E-state index in [0.29, 0.717) is 23.4 Å². The number of rotatable bonds is 8. The molecular formula is C29H27N5O4. The lowest BCUT2D eigenvalue weighted by atomic mass is 9.88. The number of urea groups is 1. The molecule has 1 aromatic heterocycles. The van der Waals surface area contributed by atoms with Crippen LogP contribution in [-0.4, -0.2) is 45.7 Å². The van der Waals surface area contributed by atoms with Crippen molar-refractivity contribution in [3.8, 4) is 28.7 Å². The Morgan fingerprint density at radius 3 is 2.63 bits per heavy atom. The summed E-state index contributed by atoms with van der Waals surface area (Å²) in [5.41, 5.74) is 2.49. The molecule has 1 aliphatic carbocycles. The van der Waals surface area contributed by atoms with E-state index in [1.54, 1.807) is 24.0 Å². The summed E-state index contributed by atoms with van der Waals surface area (Å²) in [6.07, 6.45) is 6.38. The summed E-state index contributed by atoms with van der Waals surface area (Å²) in [6.45, 7) is 3.22. The Kier molecular flexibility index (Phi) is 5.87. The van der Waals surface area contributed by atoms with Gasteiger partial charge in [-0.15, -0.1) is 5.92 Å². The number of amides is 4. The maximum absolute atomic E-state index is 13.3. The van der Waals surface area contributed by atoms with E-state index in [0.717, 1.165) is 29.2 Å². The van der Waals surface area contributed by atoms with E-state index in [1.807, 2.05) is 47.4 Å². The van der Waals surface area contributed by atoms with Gasteiger partial charge in [-0.2, -0.15) is 5.10 Å². The number of ether oxygens (including phenoxy) is 1. The number of nitrogens with one attached hydrogen (secondary N) is 2. The third-order valence-corrected chi connectivity index (χ3v) is 7.30. The van der Waals surface area contributed by atoms with Crippen LogP contribution in [0.5, 0.6) is 5.75 Å². The second-order valence-corrected chi connectivity index (χ2v) is 9.98. The molecule has 1 atom stereocenters. The van der Waals surface area contributed by atoms with Crippen molar-refractivity contribution in [1.82, 2.24) is 25.3 Å². The van der Waals surface area contributed by atoms with Gasteiger partial charge >= 0.3 is 6.03 Å². The predicted molar refractivity (Wildman–Crippen MR) is 139 cm³/mol. The number of hydrogen-bond acceptors (Lipinski definition) is 5. The first-order chi connectivity index (χ1) is 18.4. The van der Waals surface area contributed by atoms with Crippen molar-refractivity contribution >= 4 is 17.8 Å². The van der Waals surface area contributed by atoms with Gasteiger partial charge < -0.3 is 15.0 Å². The summed E-state index contributed by atoms with van der Waals surface area (Å²) in [4.78, 5) is 40.4. The standard InChI is InChI=1S/C29H27N5O4/c1-2-3-12-38-24-11-8-21-16-33(26(35)25(21)13-24)18-29(27(36)31-28(37)32-29)23-9-6-20(7-10-23)22-14-30-34(17-22)15-19-4-5-19/h6-11,13-14,17,19H,4-5,12,15-16,18H2,1H3,(H2,31,32,36,37)/t29-/m0/s1. The lowest BCUT2D eigenvalue weighted by Gasteiger charge is -2.31. The predicted octanol–water partition coefficient (Wildman–Crippen LogP) is 3.05. The van der Waals surface area contributed by atoms with Gasteiger partial charge in [-0.1, -0.05) is 36.3 Å².